The minimum Gasteiger partial charge on any atom is -0.322 e. The predicted molar refractivity (Wildman–Crippen MR) is 109 cm³/mol. The fraction of sp³-hybridized carbons (Fsp3) is 0. The van der Waals surface area contributed by atoms with Gasteiger partial charge >= 0.3 is 0 Å². The summed E-state index contributed by atoms with van der Waals surface area (Å²) < 4.78 is 27.5. The fourth-order valence-electron chi connectivity index (χ4n) is 2.90. The van der Waals surface area contributed by atoms with Crippen LogP contribution >= 0.6 is 15.9 Å². The third kappa shape index (κ3) is 3.64. The number of carbonyl (C=O) groups is 1. The Morgan fingerprint density at radius 1 is 0.893 bits per heavy atom. The zero-order valence-corrected chi connectivity index (χ0v) is 16.0. The fourth-order valence-corrected chi connectivity index (χ4v) is 3.17. The van der Waals surface area contributed by atoms with Crippen molar-refractivity contribution in [2.24, 2.45) is 0 Å². The molecular formula is C22H13BrF2N2O. The highest BCUT2D eigenvalue weighted by molar-refractivity contribution is 9.10. The molecule has 3 aromatic carbocycles. The summed E-state index contributed by atoms with van der Waals surface area (Å²) in [5, 5.41) is 3.30. The molecular weight excluding hydrogens is 426 g/mol. The normalized spacial score (nSPS) is 10.8. The molecule has 1 amide bonds. The van der Waals surface area contributed by atoms with Crippen molar-refractivity contribution < 1.29 is 13.6 Å². The number of benzene rings is 3. The van der Waals surface area contributed by atoms with E-state index in [2.05, 4.69) is 26.2 Å². The number of rotatable bonds is 3. The number of fused-ring (bicyclic) bond motifs is 1. The number of nitrogens with one attached hydrogen (secondary N) is 1. The molecule has 0 saturated heterocycles. The van der Waals surface area contributed by atoms with E-state index in [4.69, 9.17) is 0 Å². The zero-order valence-electron chi connectivity index (χ0n) is 14.4. The number of halogens is 3. The first-order valence-electron chi connectivity index (χ1n) is 8.43. The van der Waals surface area contributed by atoms with Crippen molar-refractivity contribution in [2.75, 3.05) is 5.32 Å². The van der Waals surface area contributed by atoms with Crippen LogP contribution in [0.1, 0.15) is 10.4 Å². The molecule has 1 heterocycles. The highest BCUT2D eigenvalue weighted by atomic mass is 79.9. The van der Waals surface area contributed by atoms with E-state index in [0.717, 1.165) is 22.2 Å². The van der Waals surface area contributed by atoms with E-state index in [1.807, 2.05) is 42.5 Å². The Labute approximate surface area is 168 Å². The second-order valence-corrected chi connectivity index (χ2v) is 7.08. The monoisotopic (exact) mass is 438 g/mol. The maximum absolute atomic E-state index is 13.5. The first kappa shape index (κ1) is 18.3. The summed E-state index contributed by atoms with van der Waals surface area (Å²) in [6.07, 6.45) is 0. The lowest BCUT2D eigenvalue weighted by Crippen LogP contribution is -2.13. The number of nitrogens with zero attached hydrogens (tertiary/aromatic N) is 1. The van der Waals surface area contributed by atoms with Crippen molar-refractivity contribution in [2.45, 2.75) is 0 Å². The molecule has 1 N–H and O–H groups in total. The van der Waals surface area contributed by atoms with Crippen LogP contribution in [0.5, 0.6) is 0 Å². The van der Waals surface area contributed by atoms with Gasteiger partial charge in [0.2, 0.25) is 0 Å². The minimum atomic E-state index is -1.02. The average Bonchev–Trinajstić information content (AvgIpc) is 2.70. The third-order valence-electron chi connectivity index (χ3n) is 4.28. The first-order chi connectivity index (χ1) is 13.5. The molecule has 0 aliphatic heterocycles. The summed E-state index contributed by atoms with van der Waals surface area (Å²) >= 11 is 3.40. The molecule has 0 aliphatic carbocycles. The molecule has 6 heteroatoms. The molecule has 28 heavy (non-hydrogen) atoms. The molecule has 0 bridgehead atoms. The quantitative estimate of drug-likeness (QED) is 0.413. The van der Waals surface area contributed by atoms with Crippen LogP contribution in [0.2, 0.25) is 0 Å². The third-order valence-corrected chi connectivity index (χ3v) is 4.81. The Morgan fingerprint density at radius 2 is 1.64 bits per heavy atom. The van der Waals surface area contributed by atoms with Crippen LogP contribution in [0.3, 0.4) is 0 Å². The Kier molecular flexibility index (Phi) is 4.88. The molecule has 4 rings (SSSR count). The van der Waals surface area contributed by atoms with Gasteiger partial charge in [-0.2, -0.15) is 0 Å². The lowest BCUT2D eigenvalue weighted by molar-refractivity contribution is 0.102. The number of anilines is 1. The number of para-hydroxylation sites is 1. The Hall–Kier alpha value is -3.12. The van der Waals surface area contributed by atoms with Crippen molar-refractivity contribution in [1.29, 1.82) is 0 Å². The average molecular weight is 439 g/mol. The minimum absolute atomic E-state index is 0.176. The van der Waals surface area contributed by atoms with Crippen LogP contribution < -0.4 is 5.32 Å². The van der Waals surface area contributed by atoms with E-state index in [1.165, 1.54) is 6.07 Å². The molecule has 3 nitrogen and oxygen atoms in total. The van der Waals surface area contributed by atoms with Crippen molar-refractivity contribution >= 4 is 38.4 Å². The second kappa shape index (κ2) is 7.48. The van der Waals surface area contributed by atoms with Gasteiger partial charge in [0, 0.05) is 27.2 Å². The van der Waals surface area contributed by atoms with Gasteiger partial charge in [0.1, 0.15) is 0 Å². The van der Waals surface area contributed by atoms with Crippen molar-refractivity contribution in [3.63, 3.8) is 0 Å². The summed E-state index contributed by atoms with van der Waals surface area (Å²) in [7, 11) is 0. The van der Waals surface area contributed by atoms with Gasteiger partial charge in [0.15, 0.2) is 11.6 Å². The molecule has 0 fully saturated rings. The van der Waals surface area contributed by atoms with Crippen molar-refractivity contribution in [3.05, 3.63) is 94.5 Å². The van der Waals surface area contributed by atoms with Crippen LogP contribution in [0, 0.1) is 11.6 Å². The lowest BCUT2D eigenvalue weighted by Gasteiger charge is -2.11. The smallest absolute Gasteiger partial charge is 0.256 e. The highest BCUT2D eigenvalue weighted by Gasteiger charge is 2.15. The maximum atomic E-state index is 13.5. The van der Waals surface area contributed by atoms with E-state index in [0.29, 0.717) is 22.2 Å². The van der Waals surface area contributed by atoms with Crippen LogP contribution in [0.25, 0.3) is 22.2 Å². The molecule has 0 saturated carbocycles. The number of hydrogen-bond donors (Lipinski definition) is 1. The van der Waals surface area contributed by atoms with Gasteiger partial charge in [-0.1, -0.05) is 46.3 Å². The molecule has 138 valence electrons. The molecule has 0 aliphatic rings. The SMILES string of the molecule is O=C(Nc1ccc(F)c(F)c1)c1cc(-c2ccc(Br)cc2)nc2ccccc12. The van der Waals surface area contributed by atoms with Gasteiger partial charge in [-0.15, -0.1) is 0 Å². The summed E-state index contributed by atoms with van der Waals surface area (Å²) in [4.78, 5) is 17.5. The summed E-state index contributed by atoms with van der Waals surface area (Å²) in [6.45, 7) is 0. The van der Waals surface area contributed by atoms with Crippen LogP contribution in [-0.2, 0) is 0 Å². The van der Waals surface area contributed by atoms with Gasteiger partial charge < -0.3 is 5.32 Å². The molecule has 4 aromatic rings. The highest BCUT2D eigenvalue weighted by Crippen LogP contribution is 2.27. The van der Waals surface area contributed by atoms with Crippen molar-refractivity contribution in [1.82, 2.24) is 4.98 Å². The molecule has 0 spiro atoms. The summed E-state index contributed by atoms with van der Waals surface area (Å²) in [5.74, 6) is -2.42. The molecule has 0 unspecified atom stereocenters. The Bertz CT molecular complexity index is 1190. The van der Waals surface area contributed by atoms with Crippen molar-refractivity contribution in [3.8, 4) is 11.3 Å². The van der Waals surface area contributed by atoms with Crippen LogP contribution in [-0.4, -0.2) is 10.9 Å². The van der Waals surface area contributed by atoms with Gasteiger partial charge in [-0.3, -0.25) is 4.79 Å². The number of carbonyl (C=O) groups excluding carboxylic acids is 1. The number of amides is 1. The van der Waals surface area contributed by atoms with E-state index < -0.39 is 17.5 Å². The maximum Gasteiger partial charge on any atom is 0.256 e. The van der Waals surface area contributed by atoms with Gasteiger partial charge in [0.25, 0.3) is 5.91 Å². The number of aromatic nitrogens is 1. The number of pyridine rings is 1. The topological polar surface area (TPSA) is 42.0 Å². The predicted octanol–water partition coefficient (Wildman–Crippen LogP) is 6.19. The van der Waals surface area contributed by atoms with Gasteiger partial charge in [-0.25, -0.2) is 13.8 Å². The zero-order chi connectivity index (χ0) is 19.7. The molecule has 1 aromatic heterocycles. The number of hydrogen-bond acceptors (Lipinski definition) is 2. The molecule has 0 radical (unpaired) electrons. The summed E-state index contributed by atoms with van der Waals surface area (Å²) in [5.41, 5.74) is 2.74. The largest absolute Gasteiger partial charge is 0.322 e. The van der Waals surface area contributed by atoms with E-state index in [1.54, 1.807) is 12.1 Å². The van der Waals surface area contributed by atoms with E-state index in [9.17, 15) is 13.6 Å². The summed E-state index contributed by atoms with van der Waals surface area (Å²) in [6, 6.07) is 19.8. The standard InChI is InChI=1S/C22H13BrF2N2O/c23-14-7-5-13(6-8-14)21-12-17(16-3-1-2-4-20(16)27-21)22(28)26-15-9-10-18(24)19(25)11-15/h1-12H,(H,26,28). The lowest BCUT2D eigenvalue weighted by atomic mass is 10.0. The van der Waals surface area contributed by atoms with Crippen LogP contribution in [0.15, 0.2) is 77.3 Å². The Morgan fingerprint density at radius 3 is 2.39 bits per heavy atom. The van der Waals surface area contributed by atoms with Crippen LogP contribution in [0.4, 0.5) is 14.5 Å². The molecule has 0 atom stereocenters. The van der Waals surface area contributed by atoms with E-state index in [-0.39, 0.29) is 5.69 Å². The van der Waals surface area contributed by atoms with E-state index >= 15 is 0 Å². The first-order valence-corrected chi connectivity index (χ1v) is 9.23. The van der Waals surface area contributed by atoms with Gasteiger partial charge in [-0.05, 0) is 36.4 Å². The Balaban J connectivity index is 1.79. The second-order valence-electron chi connectivity index (χ2n) is 6.16. The van der Waals surface area contributed by atoms with Gasteiger partial charge in [0.05, 0.1) is 16.8 Å².